The molecule has 3 nitrogen and oxygen atoms in total. The van der Waals surface area contributed by atoms with Crippen molar-refractivity contribution < 1.29 is 9.39 Å². The molecule has 0 saturated carbocycles. The minimum Gasteiger partial charge on any atom is -0.265 e. The smallest absolute Gasteiger partial charge is 0.265 e. The third-order valence-corrected chi connectivity index (χ3v) is 3.88. The van der Waals surface area contributed by atoms with E-state index in [0.717, 1.165) is 13.0 Å². The molecule has 0 heterocycles. The molecule has 0 aromatic rings. The van der Waals surface area contributed by atoms with Gasteiger partial charge in [0.25, 0.3) is 5.91 Å². The predicted molar refractivity (Wildman–Crippen MR) is 91.8 cm³/mol. The fourth-order valence-corrected chi connectivity index (χ4v) is 2.56. The van der Waals surface area contributed by atoms with Crippen LogP contribution < -0.4 is 0 Å². The van der Waals surface area contributed by atoms with Crippen LogP contribution in [0.4, 0.5) is 0 Å². The molecule has 0 spiro atoms. The number of quaternary nitrogens is 1. The van der Waals surface area contributed by atoms with Crippen LogP contribution in [0.25, 0.3) is 0 Å². The second kappa shape index (κ2) is 11.8. The molecular formula is C18H37N2O+. The van der Waals surface area contributed by atoms with E-state index in [2.05, 4.69) is 13.5 Å². The Morgan fingerprint density at radius 2 is 1.33 bits per heavy atom. The summed E-state index contributed by atoms with van der Waals surface area (Å²) in [5.41, 5.74) is 0. The van der Waals surface area contributed by atoms with Crippen LogP contribution in [-0.2, 0) is 4.79 Å². The molecule has 0 atom stereocenters. The Labute approximate surface area is 132 Å². The summed E-state index contributed by atoms with van der Waals surface area (Å²) in [5, 5.41) is 1.87. The molecule has 3 heteroatoms. The highest BCUT2D eigenvalue weighted by atomic mass is 16.2. The van der Waals surface area contributed by atoms with Gasteiger partial charge in [-0.1, -0.05) is 71.3 Å². The van der Waals surface area contributed by atoms with Gasteiger partial charge in [-0.3, -0.25) is 4.79 Å². The van der Waals surface area contributed by atoms with Crippen molar-refractivity contribution in [2.75, 3.05) is 27.7 Å². The molecule has 0 N–H and O–H groups in total. The topological polar surface area (TPSA) is 20.3 Å². The molecule has 0 aromatic heterocycles. The molecule has 0 aliphatic heterocycles. The van der Waals surface area contributed by atoms with Gasteiger partial charge in [0.05, 0.1) is 27.7 Å². The number of amides is 1. The molecule has 0 fully saturated rings. The molecule has 0 bridgehead atoms. The highest BCUT2D eigenvalue weighted by Gasteiger charge is 2.23. The number of carbonyl (C=O) groups is 1. The molecule has 1 amide bonds. The van der Waals surface area contributed by atoms with Gasteiger partial charge in [0.1, 0.15) is 0 Å². The quantitative estimate of drug-likeness (QED) is 0.211. The summed E-state index contributed by atoms with van der Waals surface area (Å²) in [5.74, 6) is 0.0263. The summed E-state index contributed by atoms with van der Waals surface area (Å²) < 4.78 is 0.544. The van der Waals surface area contributed by atoms with Crippen molar-refractivity contribution in [2.45, 2.75) is 71.1 Å². The van der Waals surface area contributed by atoms with Gasteiger partial charge in [-0.15, -0.1) is 0 Å². The first-order valence-electron chi connectivity index (χ1n) is 8.69. The Balaban J connectivity index is 3.64. The highest BCUT2D eigenvalue weighted by molar-refractivity contribution is 5.85. The van der Waals surface area contributed by atoms with Crippen LogP contribution in [0.1, 0.15) is 71.1 Å². The maximum Gasteiger partial charge on any atom is 0.290 e. The van der Waals surface area contributed by atoms with Gasteiger partial charge in [0.2, 0.25) is 0 Å². The van der Waals surface area contributed by atoms with Gasteiger partial charge in [0, 0.05) is 6.08 Å². The molecule has 0 aliphatic carbocycles. The van der Waals surface area contributed by atoms with Gasteiger partial charge in [-0.25, -0.2) is 4.59 Å². The molecule has 0 aromatic carbocycles. The van der Waals surface area contributed by atoms with Gasteiger partial charge in [-0.2, -0.15) is 5.01 Å². The fraction of sp³-hybridized carbons (Fsp3) is 0.833. The van der Waals surface area contributed by atoms with Crippen LogP contribution in [-0.4, -0.2) is 43.2 Å². The third-order valence-electron chi connectivity index (χ3n) is 3.88. The average Bonchev–Trinajstić information content (AvgIpc) is 2.42. The minimum atomic E-state index is 0.0263. The number of hydrogen-bond acceptors (Lipinski definition) is 1. The summed E-state index contributed by atoms with van der Waals surface area (Å²) in [6.07, 6.45) is 14.6. The molecule has 0 saturated heterocycles. The van der Waals surface area contributed by atoms with Crippen molar-refractivity contribution in [2.24, 2.45) is 0 Å². The summed E-state index contributed by atoms with van der Waals surface area (Å²) >= 11 is 0. The van der Waals surface area contributed by atoms with Crippen molar-refractivity contribution in [3.05, 3.63) is 12.7 Å². The minimum absolute atomic E-state index is 0.0263. The van der Waals surface area contributed by atoms with Crippen LogP contribution in [0, 0.1) is 0 Å². The summed E-state index contributed by atoms with van der Waals surface area (Å²) in [6.45, 7) is 6.68. The van der Waals surface area contributed by atoms with Crippen molar-refractivity contribution in [3.8, 4) is 0 Å². The lowest BCUT2D eigenvalue weighted by Crippen LogP contribution is -2.54. The Morgan fingerprint density at radius 1 is 0.905 bits per heavy atom. The van der Waals surface area contributed by atoms with Gasteiger partial charge in [-0.05, 0) is 6.42 Å². The van der Waals surface area contributed by atoms with E-state index in [0.29, 0.717) is 4.59 Å². The number of rotatable bonds is 13. The first-order valence-corrected chi connectivity index (χ1v) is 8.69. The third kappa shape index (κ3) is 10.5. The number of carbonyl (C=O) groups excluding carboxylic acids is 1. The fourth-order valence-electron chi connectivity index (χ4n) is 2.56. The second-order valence-corrected chi connectivity index (χ2v) is 6.79. The van der Waals surface area contributed by atoms with Crippen molar-refractivity contribution in [1.29, 1.82) is 0 Å². The lowest BCUT2D eigenvalue weighted by molar-refractivity contribution is -0.973. The van der Waals surface area contributed by atoms with Crippen molar-refractivity contribution >= 4 is 5.91 Å². The molecule has 0 aliphatic rings. The Kier molecular flexibility index (Phi) is 11.3. The maximum atomic E-state index is 11.8. The zero-order valence-corrected chi connectivity index (χ0v) is 14.9. The molecule has 0 unspecified atom stereocenters. The standard InChI is InChI=1S/C18H37N2O/c1-6-8-9-10-11-12-13-14-15-16-17-19(18(21)7-2)20(3,4)5/h7H,2,6,8-17H2,1,3-5H3/q+1. The largest absolute Gasteiger partial charge is 0.290 e. The van der Waals surface area contributed by atoms with Crippen LogP contribution in [0.15, 0.2) is 12.7 Å². The van der Waals surface area contributed by atoms with Crippen LogP contribution in [0.5, 0.6) is 0 Å². The van der Waals surface area contributed by atoms with Crippen molar-refractivity contribution in [1.82, 2.24) is 5.01 Å². The SMILES string of the molecule is C=CC(=O)N(CCCCCCCCCCCC)[N+](C)(C)C. The van der Waals surface area contributed by atoms with E-state index in [1.165, 1.54) is 63.9 Å². The number of unbranched alkanes of at least 4 members (excludes halogenated alkanes) is 9. The Morgan fingerprint density at radius 3 is 1.71 bits per heavy atom. The van der Waals surface area contributed by atoms with E-state index in [1.807, 2.05) is 26.2 Å². The van der Waals surface area contributed by atoms with E-state index < -0.39 is 0 Å². The highest BCUT2D eigenvalue weighted by Crippen LogP contribution is 2.12. The van der Waals surface area contributed by atoms with Gasteiger partial charge >= 0.3 is 0 Å². The summed E-state index contributed by atoms with van der Waals surface area (Å²) in [6, 6.07) is 0. The molecule has 124 valence electrons. The number of hydrogen-bond donors (Lipinski definition) is 0. The van der Waals surface area contributed by atoms with E-state index in [-0.39, 0.29) is 5.91 Å². The number of nitrogens with zero attached hydrogens (tertiary/aromatic N) is 2. The second-order valence-electron chi connectivity index (χ2n) is 6.79. The monoisotopic (exact) mass is 297 g/mol. The van der Waals surface area contributed by atoms with E-state index in [9.17, 15) is 4.79 Å². The Bertz CT molecular complexity index is 281. The Hall–Kier alpha value is -0.830. The van der Waals surface area contributed by atoms with E-state index >= 15 is 0 Å². The summed E-state index contributed by atoms with van der Waals surface area (Å²) in [7, 11) is 6.08. The van der Waals surface area contributed by atoms with Crippen LogP contribution in [0.3, 0.4) is 0 Å². The lowest BCUT2D eigenvalue weighted by atomic mass is 10.1. The predicted octanol–water partition coefficient (Wildman–Crippen LogP) is 4.54. The molecular weight excluding hydrogens is 260 g/mol. The van der Waals surface area contributed by atoms with Crippen LogP contribution >= 0.6 is 0 Å². The van der Waals surface area contributed by atoms with Gasteiger partial charge < -0.3 is 0 Å². The van der Waals surface area contributed by atoms with Crippen molar-refractivity contribution in [3.63, 3.8) is 0 Å². The zero-order valence-electron chi connectivity index (χ0n) is 14.9. The molecule has 0 rings (SSSR count). The lowest BCUT2D eigenvalue weighted by Gasteiger charge is -2.35. The first-order chi connectivity index (χ1) is 9.93. The first kappa shape index (κ1) is 20.2. The van der Waals surface area contributed by atoms with E-state index in [4.69, 9.17) is 0 Å². The normalized spacial score (nSPS) is 11.4. The summed E-state index contributed by atoms with van der Waals surface area (Å²) in [4.78, 5) is 11.8. The molecule has 0 radical (unpaired) electrons. The van der Waals surface area contributed by atoms with E-state index in [1.54, 1.807) is 0 Å². The van der Waals surface area contributed by atoms with Crippen LogP contribution in [0.2, 0.25) is 0 Å². The average molecular weight is 298 g/mol. The maximum absolute atomic E-state index is 11.8. The molecule has 21 heavy (non-hydrogen) atoms. The van der Waals surface area contributed by atoms with Gasteiger partial charge in [0.15, 0.2) is 0 Å². The zero-order chi connectivity index (χ0) is 16.1.